The maximum atomic E-state index is 13.3. The van der Waals surface area contributed by atoms with Gasteiger partial charge < -0.3 is 15.5 Å². The Morgan fingerprint density at radius 3 is 2.76 bits per heavy atom. The molecule has 1 fully saturated rings. The quantitative estimate of drug-likeness (QED) is 0.744. The molecule has 1 saturated carbocycles. The number of nitrogens with zero attached hydrogens (tertiary/aromatic N) is 1. The van der Waals surface area contributed by atoms with E-state index in [9.17, 15) is 19.4 Å². The molecular formula is C19H21FN2O3. The van der Waals surface area contributed by atoms with Crippen molar-refractivity contribution in [3.63, 3.8) is 0 Å². The van der Waals surface area contributed by atoms with Gasteiger partial charge in [0.25, 0.3) is 5.91 Å². The van der Waals surface area contributed by atoms with Crippen LogP contribution in [0.5, 0.6) is 0 Å². The molecular weight excluding hydrogens is 323 g/mol. The second kappa shape index (κ2) is 7.72. The van der Waals surface area contributed by atoms with E-state index in [1.807, 2.05) is 0 Å². The molecule has 1 aliphatic carbocycles. The summed E-state index contributed by atoms with van der Waals surface area (Å²) in [6, 6.07) is 9.40. The van der Waals surface area contributed by atoms with Gasteiger partial charge in [-0.2, -0.15) is 0 Å². The molecule has 0 unspecified atom stereocenters. The fourth-order valence-electron chi connectivity index (χ4n) is 3.24. The van der Waals surface area contributed by atoms with Crippen LogP contribution >= 0.6 is 0 Å². The van der Waals surface area contributed by atoms with Gasteiger partial charge >= 0.3 is 0 Å². The van der Waals surface area contributed by atoms with E-state index in [1.54, 1.807) is 24.3 Å². The third kappa shape index (κ3) is 4.41. The predicted octanol–water partition coefficient (Wildman–Crippen LogP) is 2.49. The normalized spacial score (nSPS) is 20.5. The van der Waals surface area contributed by atoms with Gasteiger partial charge in [-0.3, -0.25) is 9.78 Å². The Kier molecular flexibility index (Phi) is 5.40. The van der Waals surface area contributed by atoms with Crippen LogP contribution < -0.4 is 5.32 Å². The maximum Gasteiger partial charge on any atom is 0.253 e. The van der Waals surface area contributed by atoms with Crippen molar-refractivity contribution in [3.05, 3.63) is 54.0 Å². The third-order valence-electron chi connectivity index (χ3n) is 4.62. The molecule has 0 radical (unpaired) electrons. The molecule has 0 aliphatic heterocycles. The van der Waals surface area contributed by atoms with E-state index in [4.69, 9.17) is 0 Å². The number of halogens is 1. The molecule has 1 aromatic carbocycles. The molecule has 1 aliphatic rings. The molecule has 5 nitrogen and oxygen atoms in total. The standard InChI is InChI=1S/C19H21FN2O3/c20-15-5-1-3-12(9-15)17-8-7-14(11-21-17)18(23)22-16-6-2-4-13(10-16)19(24)25/h1,3,5,7-9,11,13,16,19,24-25H,2,4,6,10H2,(H,22,23)/t13-,16-/m1/s1. The van der Waals surface area contributed by atoms with Gasteiger partial charge in [-0.25, -0.2) is 4.39 Å². The average molecular weight is 344 g/mol. The van der Waals surface area contributed by atoms with Crippen LogP contribution in [0.25, 0.3) is 11.3 Å². The SMILES string of the molecule is O=C(N[C@@H]1CCC[C@@H](C(O)O)C1)c1ccc(-c2cccc(F)c2)nc1. The fourth-order valence-corrected chi connectivity index (χ4v) is 3.24. The highest BCUT2D eigenvalue weighted by molar-refractivity contribution is 5.94. The number of hydrogen-bond donors (Lipinski definition) is 3. The predicted molar refractivity (Wildman–Crippen MR) is 91.1 cm³/mol. The highest BCUT2D eigenvalue weighted by atomic mass is 19.1. The summed E-state index contributed by atoms with van der Waals surface area (Å²) in [4.78, 5) is 16.6. The van der Waals surface area contributed by atoms with Crippen molar-refractivity contribution in [2.75, 3.05) is 0 Å². The molecule has 2 atom stereocenters. The zero-order chi connectivity index (χ0) is 17.8. The largest absolute Gasteiger partial charge is 0.368 e. The number of rotatable bonds is 4. The molecule has 1 aromatic heterocycles. The summed E-state index contributed by atoms with van der Waals surface area (Å²) >= 11 is 0. The number of nitrogens with one attached hydrogen (secondary N) is 1. The minimum absolute atomic E-state index is 0.0732. The fraction of sp³-hybridized carbons (Fsp3) is 0.368. The van der Waals surface area contributed by atoms with E-state index in [0.29, 0.717) is 23.2 Å². The highest BCUT2D eigenvalue weighted by Gasteiger charge is 2.27. The van der Waals surface area contributed by atoms with Gasteiger partial charge in [-0.1, -0.05) is 18.6 Å². The number of benzene rings is 1. The lowest BCUT2D eigenvalue weighted by Crippen LogP contribution is -2.40. The molecule has 132 valence electrons. The smallest absolute Gasteiger partial charge is 0.253 e. The van der Waals surface area contributed by atoms with Crippen LogP contribution in [-0.4, -0.2) is 33.4 Å². The molecule has 3 N–H and O–H groups in total. The van der Waals surface area contributed by atoms with Crippen molar-refractivity contribution < 1.29 is 19.4 Å². The average Bonchev–Trinajstić information content (AvgIpc) is 2.62. The van der Waals surface area contributed by atoms with Gasteiger partial charge in [0.05, 0.1) is 11.3 Å². The Bertz CT molecular complexity index is 734. The van der Waals surface area contributed by atoms with Crippen LogP contribution in [0, 0.1) is 11.7 Å². The monoisotopic (exact) mass is 344 g/mol. The Hall–Kier alpha value is -2.31. The lowest BCUT2D eigenvalue weighted by Gasteiger charge is -2.30. The van der Waals surface area contributed by atoms with Gasteiger partial charge in [-0.15, -0.1) is 0 Å². The van der Waals surface area contributed by atoms with E-state index in [1.165, 1.54) is 18.3 Å². The number of hydrogen-bond acceptors (Lipinski definition) is 4. The highest BCUT2D eigenvalue weighted by Crippen LogP contribution is 2.26. The van der Waals surface area contributed by atoms with E-state index in [0.717, 1.165) is 19.3 Å². The van der Waals surface area contributed by atoms with Gasteiger partial charge in [0, 0.05) is 23.7 Å². The molecule has 0 saturated heterocycles. The topological polar surface area (TPSA) is 82.5 Å². The van der Waals surface area contributed by atoms with Crippen molar-refractivity contribution >= 4 is 5.91 Å². The van der Waals surface area contributed by atoms with Gasteiger partial charge in [-0.05, 0) is 43.5 Å². The summed E-state index contributed by atoms with van der Waals surface area (Å²) in [5, 5.41) is 21.5. The summed E-state index contributed by atoms with van der Waals surface area (Å²) in [6.07, 6.45) is 3.11. The Morgan fingerprint density at radius 2 is 2.08 bits per heavy atom. The second-order valence-electron chi connectivity index (χ2n) is 6.45. The van der Waals surface area contributed by atoms with E-state index < -0.39 is 6.29 Å². The summed E-state index contributed by atoms with van der Waals surface area (Å²) < 4.78 is 13.3. The zero-order valence-electron chi connectivity index (χ0n) is 13.7. The summed E-state index contributed by atoms with van der Waals surface area (Å²) in [7, 11) is 0. The second-order valence-corrected chi connectivity index (χ2v) is 6.45. The number of carbonyl (C=O) groups excluding carboxylic acids is 1. The lowest BCUT2D eigenvalue weighted by molar-refractivity contribution is -0.0951. The first-order chi connectivity index (χ1) is 12.0. The Labute approximate surface area is 145 Å². The van der Waals surface area contributed by atoms with E-state index >= 15 is 0 Å². The first kappa shape index (κ1) is 17.5. The molecule has 1 heterocycles. The van der Waals surface area contributed by atoms with Gasteiger partial charge in [0.15, 0.2) is 6.29 Å². The zero-order valence-corrected chi connectivity index (χ0v) is 13.7. The van der Waals surface area contributed by atoms with Crippen molar-refractivity contribution in [1.82, 2.24) is 10.3 Å². The lowest BCUT2D eigenvalue weighted by atomic mass is 9.85. The van der Waals surface area contributed by atoms with E-state index in [-0.39, 0.29) is 23.7 Å². The van der Waals surface area contributed by atoms with Crippen molar-refractivity contribution in [2.45, 2.75) is 38.0 Å². The van der Waals surface area contributed by atoms with Gasteiger partial charge in [0.1, 0.15) is 5.82 Å². The summed E-state index contributed by atoms with van der Waals surface area (Å²) in [5.41, 5.74) is 1.67. The van der Waals surface area contributed by atoms with Crippen LogP contribution in [0.2, 0.25) is 0 Å². The first-order valence-corrected chi connectivity index (χ1v) is 8.42. The number of amides is 1. The van der Waals surface area contributed by atoms with Crippen LogP contribution in [0.4, 0.5) is 4.39 Å². The van der Waals surface area contributed by atoms with Crippen LogP contribution in [0.15, 0.2) is 42.6 Å². The number of aliphatic hydroxyl groups is 2. The molecule has 0 spiro atoms. The van der Waals surface area contributed by atoms with Crippen molar-refractivity contribution in [1.29, 1.82) is 0 Å². The van der Waals surface area contributed by atoms with Crippen LogP contribution in [-0.2, 0) is 0 Å². The molecule has 3 rings (SSSR count). The maximum absolute atomic E-state index is 13.3. The van der Waals surface area contributed by atoms with Crippen LogP contribution in [0.1, 0.15) is 36.0 Å². The number of aliphatic hydroxyl groups excluding tert-OH is 1. The molecule has 6 heteroatoms. The number of carbonyl (C=O) groups is 1. The molecule has 2 aromatic rings. The minimum atomic E-state index is -1.34. The number of pyridine rings is 1. The molecule has 25 heavy (non-hydrogen) atoms. The minimum Gasteiger partial charge on any atom is -0.368 e. The summed E-state index contributed by atoms with van der Waals surface area (Å²) in [5.74, 6) is -0.775. The Balaban J connectivity index is 1.65. The van der Waals surface area contributed by atoms with Crippen LogP contribution in [0.3, 0.4) is 0 Å². The van der Waals surface area contributed by atoms with E-state index in [2.05, 4.69) is 10.3 Å². The van der Waals surface area contributed by atoms with Crippen molar-refractivity contribution in [2.24, 2.45) is 5.92 Å². The van der Waals surface area contributed by atoms with Crippen molar-refractivity contribution in [3.8, 4) is 11.3 Å². The number of aromatic nitrogens is 1. The first-order valence-electron chi connectivity index (χ1n) is 8.42. The Morgan fingerprint density at radius 1 is 1.24 bits per heavy atom. The third-order valence-corrected chi connectivity index (χ3v) is 4.62. The molecule has 1 amide bonds. The summed E-state index contributed by atoms with van der Waals surface area (Å²) in [6.45, 7) is 0. The molecule has 0 bridgehead atoms. The van der Waals surface area contributed by atoms with Gasteiger partial charge in [0.2, 0.25) is 0 Å².